The van der Waals surface area contributed by atoms with E-state index < -0.39 is 6.36 Å². The molecular formula is C19H20F4N2O. The van der Waals surface area contributed by atoms with Crippen molar-refractivity contribution in [1.29, 1.82) is 0 Å². The highest BCUT2D eigenvalue weighted by atomic mass is 19.4. The van der Waals surface area contributed by atoms with Crippen molar-refractivity contribution in [3.8, 4) is 5.75 Å². The van der Waals surface area contributed by atoms with Crippen molar-refractivity contribution in [3.63, 3.8) is 0 Å². The molecule has 1 saturated heterocycles. The average molecular weight is 368 g/mol. The number of hydrogen-bond donors (Lipinski definition) is 1. The molecule has 0 spiro atoms. The molecule has 26 heavy (non-hydrogen) atoms. The summed E-state index contributed by atoms with van der Waals surface area (Å²) in [6, 6.07) is 10.7. The Bertz CT molecular complexity index is 740. The molecule has 0 bridgehead atoms. The highest BCUT2D eigenvalue weighted by molar-refractivity contribution is 5.37. The first-order chi connectivity index (χ1) is 12.3. The monoisotopic (exact) mass is 368 g/mol. The van der Waals surface area contributed by atoms with Gasteiger partial charge in [0, 0.05) is 26.2 Å². The SMILES string of the molecule is Cc1cc([C@@H](c2ccc(OC(F)(F)F)cc2)N2CCNCC2)ccc1F. The van der Waals surface area contributed by atoms with E-state index in [1.807, 2.05) is 0 Å². The fraction of sp³-hybridized carbons (Fsp3) is 0.368. The number of piperazine rings is 1. The zero-order valence-electron chi connectivity index (χ0n) is 14.3. The van der Waals surface area contributed by atoms with Gasteiger partial charge in [0.1, 0.15) is 11.6 Å². The molecule has 2 aromatic carbocycles. The maximum absolute atomic E-state index is 13.7. The summed E-state index contributed by atoms with van der Waals surface area (Å²) < 4.78 is 54.7. The topological polar surface area (TPSA) is 24.5 Å². The van der Waals surface area contributed by atoms with E-state index in [1.54, 1.807) is 31.2 Å². The number of halogens is 4. The molecule has 0 radical (unpaired) electrons. The summed E-state index contributed by atoms with van der Waals surface area (Å²) in [7, 11) is 0. The number of hydrogen-bond acceptors (Lipinski definition) is 3. The van der Waals surface area contributed by atoms with Crippen molar-refractivity contribution in [2.24, 2.45) is 0 Å². The van der Waals surface area contributed by atoms with Gasteiger partial charge in [0.05, 0.1) is 6.04 Å². The van der Waals surface area contributed by atoms with Gasteiger partial charge in [0.15, 0.2) is 0 Å². The van der Waals surface area contributed by atoms with E-state index in [-0.39, 0.29) is 17.6 Å². The molecule has 7 heteroatoms. The highest BCUT2D eigenvalue weighted by Gasteiger charge is 2.31. The van der Waals surface area contributed by atoms with Crippen molar-refractivity contribution in [1.82, 2.24) is 10.2 Å². The summed E-state index contributed by atoms with van der Waals surface area (Å²) in [5.41, 5.74) is 2.29. The van der Waals surface area contributed by atoms with Gasteiger partial charge in [0.25, 0.3) is 0 Å². The molecule has 0 aliphatic carbocycles. The second-order valence-electron chi connectivity index (χ2n) is 6.31. The lowest BCUT2D eigenvalue weighted by molar-refractivity contribution is -0.274. The minimum absolute atomic E-state index is 0.156. The molecule has 1 aliphatic heterocycles. The average Bonchev–Trinajstić information content (AvgIpc) is 2.59. The van der Waals surface area contributed by atoms with E-state index in [2.05, 4.69) is 15.0 Å². The Morgan fingerprint density at radius 1 is 1.00 bits per heavy atom. The highest BCUT2D eigenvalue weighted by Crippen LogP contribution is 2.32. The molecule has 0 saturated carbocycles. The van der Waals surface area contributed by atoms with E-state index in [4.69, 9.17) is 0 Å². The maximum Gasteiger partial charge on any atom is 0.573 e. The number of rotatable bonds is 4. The van der Waals surface area contributed by atoms with Crippen molar-refractivity contribution < 1.29 is 22.3 Å². The molecule has 1 fully saturated rings. The van der Waals surface area contributed by atoms with Crippen LogP contribution in [0, 0.1) is 12.7 Å². The minimum Gasteiger partial charge on any atom is -0.406 e. The Hall–Kier alpha value is -2.12. The Morgan fingerprint density at radius 2 is 1.62 bits per heavy atom. The smallest absolute Gasteiger partial charge is 0.406 e. The van der Waals surface area contributed by atoms with Crippen molar-refractivity contribution in [2.75, 3.05) is 26.2 Å². The molecule has 1 aliphatic rings. The van der Waals surface area contributed by atoms with Gasteiger partial charge in [-0.25, -0.2) is 4.39 Å². The second kappa shape index (κ2) is 7.63. The number of nitrogens with zero attached hydrogens (tertiary/aromatic N) is 1. The largest absolute Gasteiger partial charge is 0.573 e. The summed E-state index contributed by atoms with van der Waals surface area (Å²) in [5, 5.41) is 3.28. The number of ether oxygens (including phenoxy) is 1. The fourth-order valence-corrected chi connectivity index (χ4v) is 3.24. The molecule has 1 N–H and O–H groups in total. The van der Waals surface area contributed by atoms with Crippen LogP contribution in [0.4, 0.5) is 17.6 Å². The Morgan fingerprint density at radius 3 is 2.19 bits per heavy atom. The molecular weight excluding hydrogens is 348 g/mol. The van der Waals surface area contributed by atoms with Crippen LogP contribution in [0.2, 0.25) is 0 Å². The first-order valence-corrected chi connectivity index (χ1v) is 8.40. The minimum atomic E-state index is -4.71. The molecule has 1 heterocycles. The summed E-state index contributed by atoms with van der Waals surface area (Å²) in [5.74, 6) is -0.530. The van der Waals surface area contributed by atoms with Crippen LogP contribution in [0.25, 0.3) is 0 Å². The van der Waals surface area contributed by atoms with E-state index in [9.17, 15) is 17.6 Å². The van der Waals surface area contributed by atoms with Crippen molar-refractivity contribution >= 4 is 0 Å². The van der Waals surface area contributed by atoms with Crippen LogP contribution in [-0.4, -0.2) is 37.4 Å². The third-order valence-corrected chi connectivity index (χ3v) is 4.44. The third kappa shape index (κ3) is 4.53. The number of aryl methyl sites for hydroxylation is 1. The Balaban J connectivity index is 1.93. The quantitative estimate of drug-likeness (QED) is 0.825. The Kier molecular flexibility index (Phi) is 5.48. The van der Waals surface area contributed by atoms with Crippen LogP contribution in [0.1, 0.15) is 22.7 Å². The predicted molar refractivity (Wildman–Crippen MR) is 90.5 cm³/mol. The van der Waals surface area contributed by atoms with Crippen LogP contribution in [0.5, 0.6) is 5.75 Å². The zero-order chi connectivity index (χ0) is 18.7. The first-order valence-electron chi connectivity index (χ1n) is 8.40. The van der Waals surface area contributed by atoms with E-state index in [1.165, 1.54) is 18.2 Å². The van der Waals surface area contributed by atoms with Gasteiger partial charge in [-0.15, -0.1) is 13.2 Å². The molecule has 1 atom stereocenters. The molecule has 2 aromatic rings. The lowest BCUT2D eigenvalue weighted by Crippen LogP contribution is -2.45. The Labute approximate surface area is 149 Å². The first kappa shape index (κ1) is 18.7. The second-order valence-corrected chi connectivity index (χ2v) is 6.31. The van der Waals surface area contributed by atoms with Crippen LogP contribution in [0.15, 0.2) is 42.5 Å². The lowest BCUT2D eigenvalue weighted by atomic mass is 9.95. The van der Waals surface area contributed by atoms with Gasteiger partial charge in [-0.05, 0) is 41.8 Å². The van der Waals surface area contributed by atoms with E-state index in [0.29, 0.717) is 5.56 Å². The fourth-order valence-electron chi connectivity index (χ4n) is 3.24. The molecule has 3 rings (SSSR count). The predicted octanol–water partition coefficient (Wildman–Crippen LogP) is 4.03. The van der Waals surface area contributed by atoms with Gasteiger partial charge >= 0.3 is 6.36 Å². The number of benzene rings is 2. The summed E-state index contributed by atoms with van der Waals surface area (Å²) in [6.45, 7) is 4.94. The summed E-state index contributed by atoms with van der Waals surface area (Å²) in [6.07, 6.45) is -4.71. The standard InChI is InChI=1S/C19H20F4N2O/c1-13-12-15(4-7-17(13)20)18(25-10-8-24-9-11-25)14-2-5-16(6-3-14)26-19(21,22)23/h2-7,12,18,24H,8-11H2,1H3/t18-/m1/s1. The molecule has 0 aromatic heterocycles. The van der Waals surface area contributed by atoms with Gasteiger partial charge in [-0.2, -0.15) is 0 Å². The molecule has 3 nitrogen and oxygen atoms in total. The van der Waals surface area contributed by atoms with E-state index >= 15 is 0 Å². The van der Waals surface area contributed by atoms with E-state index in [0.717, 1.165) is 37.3 Å². The number of nitrogens with one attached hydrogen (secondary N) is 1. The molecule has 140 valence electrons. The van der Waals surface area contributed by atoms with Crippen LogP contribution in [-0.2, 0) is 0 Å². The van der Waals surface area contributed by atoms with Crippen LogP contribution < -0.4 is 10.1 Å². The number of alkyl halides is 3. The van der Waals surface area contributed by atoms with Crippen molar-refractivity contribution in [3.05, 3.63) is 65.0 Å². The zero-order valence-corrected chi connectivity index (χ0v) is 14.3. The summed E-state index contributed by atoms with van der Waals surface area (Å²) in [4.78, 5) is 2.24. The third-order valence-electron chi connectivity index (χ3n) is 4.44. The molecule has 0 unspecified atom stereocenters. The van der Waals surface area contributed by atoms with Gasteiger partial charge in [0.2, 0.25) is 0 Å². The van der Waals surface area contributed by atoms with Gasteiger partial charge in [-0.3, -0.25) is 4.90 Å². The normalized spacial score (nSPS) is 17.1. The lowest BCUT2D eigenvalue weighted by Gasteiger charge is -2.35. The molecule has 0 amide bonds. The van der Waals surface area contributed by atoms with Gasteiger partial charge < -0.3 is 10.1 Å². The van der Waals surface area contributed by atoms with Crippen LogP contribution in [0.3, 0.4) is 0 Å². The maximum atomic E-state index is 13.7. The summed E-state index contributed by atoms with van der Waals surface area (Å²) >= 11 is 0. The van der Waals surface area contributed by atoms with Crippen molar-refractivity contribution in [2.45, 2.75) is 19.3 Å². The van der Waals surface area contributed by atoms with Crippen LogP contribution >= 0.6 is 0 Å². The van der Waals surface area contributed by atoms with Gasteiger partial charge in [-0.1, -0.05) is 24.3 Å².